The average Bonchev–Trinajstić information content (AvgIpc) is 2.88. The van der Waals surface area contributed by atoms with E-state index in [2.05, 4.69) is 0 Å². The van der Waals surface area contributed by atoms with Gasteiger partial charge in [-0.15, -0.1) is 0 Å². The van der Waals surface area contributed by atoms with E-state index >= 15 is 0 Å². The minimum absolute atomic E-state index is 0.0238. The van der Waals surface area contributed by atoms with Gasteiger partial charge in [0.25, 0.3) is 11.8 Å². The quantitative estimate of drug-likeness (QED) is 0.638. The van der Waals surface area contributed by atoms with Gasteiger partial charge in [-0.05, 0) is 24.3 Å². The maximum atomic E-state index is 13.3. The van der Waals surface area contributed by atoms with Crippen molar-refractivity contribution in [2.24, 2.45) is 0 Å². The van der Waals surface area contributed by atoms with Crippen molar-refractivity contribution in [1.29, 1.82) is 0 Å². The van der Waals surface area contributed by atoms with Crippen molar-refractivity contribution < 1.29 is 19.1 Å². The number of pyridine rings is 1. The molecule has 0 N–H and O–H groups in total. The second-order valence-corrected chi connectivity index (χ2v) is 7.99. The van der Waals surface area contributed by atoms with E-state index < -0.39 is 6.10 Å². The number of para-hydroxylation sites is 1. The molecule has 2 aromatic carbocycles. The SMILES string of the molecule is O=C(c1ccccc1)N1CCOC(c2cc(C(=O)N3CCOCC3)c3ccccc3n2)C1. The number of ether oxygens (including phenoxy) is 2. The maximum absolute atomic E-state index is 13.3. The van der Waals surface area contributed by atoms with Crippen LogP contribution in [0.4, 0.5) is 0 Å². The van der Waals surface area contributed by atoms with E-state index in [1.807, 2.05) is 65.6 Å². The summed E-state index contributed by atoms with van der Waals surface area (Å²) in [5, 5.41) is 0.820. The Morgan fingerprint density at radius 2 is 1.56 bits per heavy atom. The van der Waals surface area contributed by atoms with Crippen molar-refractivity contribution in [2.75, 3.05) is 46.0 Å². The number of hydrogen-bond donors (Lipinski definition) is 0. The highest BCUT2D eigenvalue weighted by Crippen LogP contribution is 2.27. The van der Waals surface area contributed by atoms with E-state index in [4.69, 9.17) is 14.5 Å². The molecular weight excluding hydrogens is 406 g/mol. The molecule has 2 fully saturated rings. The summed E-state index contributed by atoms with van der Waals surface area (Å²) in [4.78, 5) is 34.7. The Hall–Kier alpha value is -3.29. The fraction of sp³-hybridized carbons (Fsp3) is 0.320. The zero-order valence-corrected chi connectivity index (χ0v) is 17.8. The van der Waals surface area contributed by atoms with E-state index in [-0.39, 0.29) is 11.8 Å². The third-order valence-corrected chi connectivity index (χ3v) is 5.97. The summed E-state index contributed by atoms with van der Waals surface area (Å²) < 4.78 is 11.4. The van der Waals surface area contributed by atoms with Crippen molar-refractivity contribution in [2.45, 2.75) is 6.10 Å². The lowest BCUT2D eigenvalue weighted by Gasteiger charge is -2.33. The van der Waals surface area contributed by atoms with Crippen LogP contribution in [0, 0.1) is 0 Å². The van der Waals surface area contributed by atoms with Crippen molar-refractivity contribution in [3.63, 3.8) is 0 Å². The average molecular weight is 431 g/mol. The number of benzene rings is 2. The highest BCUT2D eigenvalue weighted by Gasteiger charge is 2.29. The molecule has 2 aliphatic heterocycles. The van der Waals surface area contributed by atoms with Crippen LogP contribution >= 0.6 is 0 Å². The van der Waals surface area contributed by atoms with Gasteiger partial charge in [0.2, 0.25) is 0 Å². The number of nitrogens with zero attached hydrogens (tertiary/aromatic N) is 3. The third kappa shape index (κ3) is 4.09. The van der Waals surface area contributed by atoms with Crippen molar-refractivity contribution >= 4 is 22.7 Å². The Kier molecular flexibility index (Phi) is 5.83. The number of fused-ring (bicyclic) bond motifs is 1. The predicted molar refractivity (Wildman–Crippen MR) is 120 cm³/mol. The van der Waals surface area contributed by atoms with Gasteiger partial charge in [0, 0.05) is 30.6 Å². The highest BCUT2D eigenvalue weighted by molar-refractivity contribution is 6.06. The first-order chi connectivity index (χ1) is 15.7. The van der Waals surface area contributed by atoms with Crippen LogP contribution in [0.15, 0.2) is 60.7 Å². The van der Waals surface area contributed by atoms with Gasteiger partial charge in [0.05, 0.1) is 43.1 Å². The number of morpholine rings is 2. The van der Waals surface area contributed by atoms with E-state index in [0.29, 0.717) is 62.8 Å². The van der Waals surface area contributed by atoms with Gasteiger partial charge in [0.15, 0.2) is 0 Å². The molecule has 0 aliphatic carbocycles. The van der Waals surface area contributed by atoms with E-state index in [9.17, 15) is 9.59 Å². The Labute approximate surface area is 186 Å². The first-order valence-corrected chi connectivity index (χ1v) is 10.9. The van der Waals surface area contributed by atoms with Crippen molar-refractivity contribution in [3.8, 4) is 0 Å². The second-order valence-electron chi connectivity index (χ2n) is 7.99. The molecule has 0 spiro atoms. The molecule has 2 saturated heterocycles. The molecule has 164 valence electrons. The van der Waals surface area contributed by atoms with Gasteiger partial charge in [-0.3, -0.25) is 9.59 Å². The molecule has 2 aliphatic rings. The first kappa shape index (κ1) is 20.6. The molecule has 3 heterocycles. The number of amides is 2. The summed E-state index contributed by atoms with van der Waals surface area (Å²) in [5.74, 6) is -0.0505. The topological polar surface area (TPSA) is 72.0 Å². The molecule has 5 rings (SSSR count). The Morgan fingerprint density at radius 3 is 2.38 bits per heavy atom. The highest BCUT2D eigenvalue weighted by atomic mass is 16.5. The number of carbonyl (C=O) groups excluding carboxylic acids is 2. The fourth-order valence-corrected chi connectivity index (χ4v) is 4.25. The van der Waals surface area contributed by atoms with Gasteiger partial charge in [0.1, 0.15) is 6.10 Å². The largest absolute Gasteiger partial charge is 0.378 e. The summed E-state index contributed by atoms with van der Waals surface area (Å²) in [7, 11) is 0. The molecule has 3 aromatic rings. The predicted octanol–water partition coefficient (Wildman–Crippen LogP) is 2.92. The number of hydrogen-bond acceptors (Lipinski definition) is 5. The monoisotopic (exact) mass is 431 g/mol. The van der Waals surface area contributed by atoms with Crippen LogP contribution < -0.4 is 0 Å². The van der Waals surface area contributed by atoms with Gasteiger partial charge in [-0.2, -0.15) is 0 Å². The summed E-state index contributed by atoms with van der Waals surface area (Å²) in [6.07, 6.45) is -0.391. The minimum atomic E-state index is -0.391. The van der Waals surface area contributed by atoms with Crippen LogP contribution in [-0.4, -0.2) is 72.6 Å². The second kappa shape index (κ2) is 9.06. The summed E-state index contributed by atoms with van der Waals surface area (Å²) >= 11 is 0. The van der Waals surface area contributed by atoms with Gasteiger partial charge in [-0.1, -0.05) is 36.4 Å². The number of carbonyl (C=O) groups is 2. The number of rotatable bonds is 3. The minimum Gasteiger partial charge on any atom is -0.378 e. The molecular formula is C25H25N3O4. The lowest BCUT2D eigenvalue weighted by atomic mass is 10.0. The zero-order chi connectivity index (χ0) is 21.9. The molecule has 7 nitrogen and oxygen atoms in total. The molecule has 1 aromatic heterocycles. The van der Waals surface area contributed by atoms with Crippen LogP contribution in [0.25, 0.3) is 10.9 Å². The summed E-state index contributed by atoms with van der Waals surface area (Å²) in [6, 6.07) is 18.7. The molecule has 1 unspecified atom stereocenters. The van der Waals surface area contributed by atoms with Crippen LogP contribution in [-0.2, 0) is 9.47 Å². The molecule has 2 amide bonds. The molecule has 0 radical (unpaired) electrons. The number of aromatic nitrogens is 1. The first-order valence-electron chi connectivity index (χ1n) is 10.9. The maximum Gasteiger partial charge on any atom is 0.254 e. The Balaban J connectivity index is 1.46. The van der Waals surface area contributed by atoms with E-state index in [1.54, 1.807) is 4.90 Å². The molecule has 1 atom stereocenters. The van der Waals surface area contributed by atoms with Gasteiger partial charge in [-0.25, -0.2) is 4.98 Å². The van der Waals surface area contributed by atoms with Gasteiger partial charge < -0.3 is 19.3 Å². The molecule has 7 heteroatoms. The van der Waals surface area contributed by atoms with Crippen LogP contribution in [0.5, 0.6) is 0 Å². The van der Waals surface area contributed by atoms with Crippen molar-refractivity contribution in [3.05, 3.63) is 77.5 Å². The van der Waals surface area contributed by atoms with Crippen LogP contribution in [0.1, 0.15) is 32.5 Å². The lowest BCUT2D eigenvalue weighted by molar-refractivity contribution is -0.0246. The summed E-state index contributed by atoms with van der Waals surface area (Å²) in [6.45, 7) is 3.58. The van der Waals surface area contributed by atoms with Crippen LogP contribution in [0.3, 0.4) is 0 Å². The van der Waals surface area contributed by atoms with Crippen LogP contribution in [0.2, 0.25) is 0 Å². The molecule has 32 heavy (non-hydrogen) atoms. The van der Waals surface area contributed by atoms with E-state index in [0.717, 1.165) is 10.9 Å². The normalized spacial score (nSPS) is 19.2. The molecule has 0 saturated carbocycles. The molecule has 0 bridgehead atoms. The summed E-state index contributed by atoms with van der Waals surface area (Å²) in [5.41, 5.74) is 2.69. The standard InChI is InChI=1S/C25H25N3O4/c29-24(18-6-2-1-3-7-18)28-12-15-32-23(17-28)22-16-20(19-8-4-5-9-21(19)26-22)25(30)27-10-13-31-14-11-27/h1-9,16,23H,10-15,17H2. The third-order valence-electron chi connectivity index (χ3n) is 5.97. The Bertz CT molecular complexity index is 1130. The fourth-order valence-electron chi connectivity index (χ4n) is 4.25. The van der Waals surface area contributed by atoms with E-state index in [1.165, 1.54) is 0 Å². The van der Waals surface area contributed by atoms with Crippen molar-refractivity contribution in [1.82, 2.24) is 14.8 Å². The smallest absolute Gasteiger partial charge is 0.254 e. The van der Waals surface area contributed by atoms with Gasteiger partial charge >= 0.3 is 0 Å². The Morgan fingerprint density at radius 1 is 0.844 bits per heavy atom. The zero-order valence-electron chi connectivity index (χ0n) is 17.8. The lowest BCUT2D eigenvalue weighted by Crippen LogP contribution is -2.42.